The standard InChI is InChI=1S/C12H20N2O2/c1-12(2,16-4)8-14-10-5-9(13)6-11(7-10)15-3/h5-7,14H,8,13H2,1-4H3. The molecule has 0 saturated heterocycles. The van der Waals surface area contributed by atoms with Gasteiger partial charge in [-0.05, 0) is 19.9 Å². The fraction of sp³-hybridized carbons (Fsp3) is 0.500. The summed E-state index contributed by atoms with van der Waals surface area (Å²) in [5.74, 6) is 0.748. The van der Waals surface area contributed by atoms with E-state index in [4.69, 9.17) is 15.2 Å². The molecule has 4 heteroatoms. The maximum absolute atomic E-state index is 5.76. The molecule has 0 aliphatic carbocycles. The van der Waals surface area contributed by atoms with Crippen LogP contribution in [0.5, 0.6) is 5.75 Å². The monoisotopic (exact) mass is 224 g/mol. The normalized spacial score (nSPS) is 11.2. The molecule has 0 radical (unpaired) electrons. The van der Waals surface area contributed by atoms with Crippen LogP contribution in [0.15, 0.2) is 18.2 Å². The lowest BCUT2D eigenvalue weighted by atomic mass is 10.1. The van der Waals surface area contributed by atoms with E-state index in [2.05, 4.69) is 5.32 Å². The lowest BCUT2D eigenvalue weighted by Crippen LogP contribution is -2.32. The van der Waals surface area contributed by atoms with Crippen molar-refractivity contribution in [1.82, 2.24) is 0 Å². The minimum atomic E-state index is -0.210. The van der Waals surface area contributed by atoms with Crippen molar-refractivity contribution in [3.63, 3.8) is 0 Å². The van der Waals surface area contributed by atoms with E-state index in [0.717, 1.165) is 11.4 Å². The topological polar surface area (TPSA) is 56.5 Å². The molecule has 1 rings (SSSR count). The van der Waals surface area contributed by atoms with Gasteiger partial charge in [0, 0.05) is 37.2 Å². The Bertz CT molecular complexity index is 351. The Morgan fingerprint density at radius 1 is 1.25 bits per heavy atom. The van der Waals surface area contributed by atoms with E-state index in [1.54, 1.807) is 20.3 Å². The first kappa shape index (κ1) is 12.6. The molecule has 0 atom stereocenters. The van der Waals surface area contributed by atoms with Gasteiger partial charge in [0.25, 0.3) is 0 Å². The summed E-state index contributed by atoms with van der Waals surface area (Å²) in [6.45, 7) is 4.74. The van der Waals surface area contributed by atoms with Crippen molar-refractivity contribution >= 4 is 11.4 Å². The zero-order valence-corrected chi connectivity index (χ0v) is 10.3. The van der Waals surface area contributed by atoms with Crippen LogP contribution in [0, 0.1) is 0 Å². The van der Waals surface area contributed by atoms with Crippen LogP contribution in [0.4, 0.5) is 11.4 Å². The SMILES string of the molecule is COc1cc(N)cc(NCC(C)(C)OC)c1. The number of hydrogen-bond donors (Lipinski definition) is 2. The van der Waals surface area contributed by atoms with Crippen LogP contribution < -0.4 is 15.8 Å². The molecule has 0 bridgehead atoms. The lowest BCUT2D eigenvalue weighted by Gasteiger charge is -2.24. The number of anilines is 2. The highest BCUT2D eigenvalue weighted by Gasteiger charge is 2.15. The molecular formula is C12H20N2O2. The highest BCUT2D eigenvalue weighted by molar-refractivity contribution is 5.59. The third-order valence-corrected chi connectivity index (χ3v) is 2.44. The lowest BCUT2D eigenvalue weighted by molar-refractivity contribution is 0.0344. The second-order valence-electron chi connectivity index (χ2n) is 4.31. The predicted octanol–water partition coefficient (Wildman–Crippen LogP) is 2.11. The fourth-order valence-corrected chi connectivity index (χ4v) is 1.23. The van der Waals surface area contributed by atoms with Crippen LogP contribution >= 0.6 is 0 Å². The zero-order chi connectivity index (χ0) is 12.2. The van der Waals surface area contributed by atoms with Crippen LogP contribution in [0.2, 0.25) is 0 Å². The Morgan fingerprint density at radius 3 is 2.50 bits per heavy atom. The van der Waals surface area contributed by atoms with Gasteiger partial charge in [-0.3, -0.25) is 0 Å². The quantitative estimate of drug-likeness (QED) is 0.752. The van der Waals surface area contributed by atoms with Gasteiger partial charge in [0.1, 0.15) is 5.75 Å². The summed E-state index contributed by atoms with van der Waals surface area (Å²) in [7, 11) is 3.32. The maximum Gasteiger partial charge on any atom is 0.122 e. The van der Waals surface area contributed by atoms with E-state index in [1.807, 2.05) is 26.0 Å². The second-order valence-corrected chi connectivity index (χ2v) is 4.31. The smallest absolute Gasteiger partial charge is 0.122 e. The van der Waals surface area contributed by atoms with Crippen LogP contribution in [-0.2, 0) is 4.74 Å². The van der Waals surface area contributed by atoms with Crippen LogP contribution in [0.1, 0.15) is 13.8 Å². The summed E-state index contributed by atoms with van der Waals surface area (Å²) in [4.78, 5) is 0. The molecule has 1 aromatic rings. The molecule has 0 aromatic heterocycles. The number of nitrogen functional groups attached to an aromatic ring is 1. The highest BCUT2D eigenvalue weighted by Crippen LogP contribution is 2.22. The summed E-state index contributed by atoms with van der Waals surface area (Å²) in [6.07, 6.45) is 0. The van der Waals surface area contributed by atoms with Gasteiger partial charge in [-0.25, -0.2) is 0 Å². The molecule has 16 heavy (non-hydrogen) atoms. The second kappa shape index (κ2) is 5.07. The molecule has 3 N–H and O–H groups in total. The molecule has 0 amide bonds. The molecule has 0 fully saturated rings. The van der Waals surface area contributed by atoms with Gasteiger partial charge in [0.15, 0.2) is 0 Å². The van der Waals surface area contributed by atoms with Crippen LogP contribution in [-0.4, -0.2) is 26.4 Å². The molecule has 0 heterocycles. The number of rotatable bonds is 5. The van der Waals surface area contributed by atoms with Crippen molar-refractivity contribution in [3.05, 3.63) is 18.2 Å². The molecular weight excluding hydrogens is 204 g/mol. The Kier molecular flexibility index (Phi) is 4.01. The molecule has 0 aliphatic rings. The maximum atomic E-state index is 5.76. The van der Waals surface area contributed by atoms with Crippen molar-refractivity contribution in [1.29, 1.82) is 0 Å². The summed E-state index contributed by atoms with van der Waals surface area (Å²) >= 11 is 0. The molecule has 0 saturated carbocycles. The number of nitrogens with two attached hydrogens (primary N) is 1. The van der Waals surface area contributed by atoms with Crippen molar-refractivity contribution < 1.29 is 9.47 Å². The minimum Gasteiger partial charge on any atom is -0.497 e. The van der Waals surface area contributed by atoms with Crippen molar-refractivity contribution in [2.24, 2.45) is 0 Å². The Balaban J connectivity index is 2.70. The van der Waals surface area contributed by atoms with Gasteiger partial charge in [0.05, 0.1) is 12.7 Å². The molecule has 0 unspecified atom stereocenters. The Morgan fingerprint density at radius 2 is 1.94 bits per heavy atom. The molecule has 4 nitrogen and oxygen atoms in total. The van der Waals surface area contributed by atoms with E-state index in [-0.39, 0.29) is 5.60 Å². The minimum absolute atomic E-state index is 0.210. The highest BCUT2D eigenvalue weighted by atomic mass is 16.5. The van der Waals surface area contributed by atoms with Gasteiger partial charge < -0.3 is 20.5 Å². The number of hydrogen-bond acceptors (Lipinski definition) is 4. The average Bonchev–Trinajstić information content (AvgIpc) is 2.26. The van der Waals surface area contributed by atoms with E-state index in [9.17, 15) is 0 Å². The summed E-state index contributed by atoms with van der Waals surface area (Å²) in [6, 6.07) is 5.56. The van der Waals surface area contributed by atoms with Gasteiger partial charge in [-0.1, -0.05) is 0 Å². The third kappa shape index (κ3) is 3.62. The number of nitrogens with one attached hydrogen (secondary N) is 1. The predicted molar refractivity (Wildman–Crippen MR) is 67.0 cm³/mol. The third-order valence-electron chi connectivity index (χ3n) is 2.44. The first-order chi connectivity index (χ1) is 7.46. The summed E-state index contributed by atoms with van der Waals surface area (Å²) in [5, 5.41) is 3.27. The van der Waals surface area contributed by atoms with Crippen LogP contribution in [0.3, 0.4) is 0 Å². The molecule has 0 spiro atoms. The molecule has 90 valence electrons. The summed E-state index contributed by atoms with van der Waals surface area (Å²) in [5.41, 5.74) is 7.16. The number of benzene rings is 1. The van der Waals surface area contributed by atoms with E-state index >= 15 is 0 Å². The van der Waals surface area contributed by atoms with E-state index in [1.165, 1.54) is 0 Å². The number of methoxy groups -OCH3 is 2. The molecule has 0 aliphatic heterocycles. The first-order valence-corrected chi connectivity index (χ1v) is 5.20. The van der Waals surface area contributed by atoms with Gasteiger partial charge in [-0.15, -0.1) is 0 Å². The average molecular weight is 224 g/mol. The van der Waals surface area contributed by atoms with Gasteiger partial charge in [-0.2, -0.15) is 0 Å². The molecule has 1 aromatic carbocycles. The van der Waals surface area contributed by atoms with Gasteiger partial charge in [0.2, 0.25) is 0 Å². The largest absolute Gasteiger partial charge is 0.497 e. The van der Waals surface area contributed by atoms with Gasteiger partial charge >= 0.3 is 0 Å². The number of ether oxygens (including phenoxy) is 2. The van der Waals surface area contributed by atoms with Crippen molar-refractivity contribution in [2.75, 3.05) is 31.8 Å². The van der Waals surface area contributed by atoms with Crippen molar-refractivity contribution in [3.8, 4) is 5.75 Å². The van der Waals surface area contributed by atoms with Crippen LogP contribution in [0.25, 0.3) is 0 Å². The Labute approximate surface area is 96.7 Å². The zero-order valence-electron chi connectivity index (χ0n) is 10.3. The summed E-state index contributed by atoms with van der Waals surface area (Å²) < 4.78 is 10.5. The van der Waals surface area contributed by atoms with Crippen molar-refractivity contribution in [2.45, 2.75) is 19.4 Å². The first-order valence-electron chi connectivity index (χ1n) is 5.20. The van der Waals surface area contributed by atoms with E-state index in [0.29, 0.717) is 12.2 Å². The Hall–Kier alpha value is -1.42. The van der Waals surface area contributed by atoms with E-state index < -0.39 is 0 Å². The fourth-order valence-electron chi connectivity index (χ4n) is 1.23.